The molecular formula is C22H28N4O2S. The zero-order chi connectivity index (χ0) is 20.9. The van der Waals surface area contributed by atoms with Crippen LogP contribution in [0, 0.1) is 6.92 Å². The third-order valence-electron chi connectivity index (χ3n) is 4.90. The first-order valence-electron chi connectivity index (χ1n) is 9.60. The number of hydrogen-bond acceptors (Lipinski definition) is 4. The average Bonchev–Trinajstić information content (AvgIpc) is 3.22. The Morgan fingerprint density at radius 3 is 2.14 bits per heavy atom. The van der Waals surface area contributed by atoms with Crippen LogP contribution >= 0.6 is 0 Å². The van der Waals surface area contributed by atoms with E-state index in [1.807, 2.05) is 19.1 Å². The second-order valence-electron chi connectivity index (χ2n) is 7.19. The first kappa shape index (κ1) is 20.9. The number of hydrogen-bond donors (Lipinski definition) is 2. The van der Waals surface area contributed by atoms with Gasteiger partial charge in [-0.05, 0) is 41.8 Å². The first-order valence-corrected chi connectivity index (χ1v) is 11.5. The molecule has 0 aliphatic carbocycles. The number of nitrogens with zero attached hydrogens (tertiary/aromatic N) is 2. The SMILES string of the molecule is CN=C(NCc1ccc(N2CC=CC2)cc1)NCc1ccc(S(C)(=O)=O)c(C)c1. The molecule has 3 rings (SSSR count). The summed E-state index contributed by atoms with van der Waals surface area (Å²) in [5.74, 6) is 0.697. The quantitative estimate of drug-likeness (QED) is 0.434. The van der Waals surface area contributed by atoms with Gasteiger partial charge in [0.05, 0.1) is 4.90 Å². The van der Waals surface area contributed by atoms with Crippen molar-refractivity contribution in [2.75, 3.05) is 31.3 Å². The molecule has 29 heavy (non-hydrogen) atoms. The van der Waals surface area contributed by atoms with Crippen LogP contribution in [0.3, 0.4) is 0 Å². The number of nitrogens with one attached hydrogen (secondary N) is 2. The van der Waals surface area contributed by atoms with Crippen molar-refractivity contribution in [3.8, 4) is 0 Å². The van der Waals surface area contributed by atoms with Crippen molar-refractivity contribution in [1.82, 2.24) is 10.6 Å². The molecule has 7 heteroatoms. The minimum Gasteiger partial charge on any atom is -0.364 e. The normalized spacial score (nSPS) is 14.3. The Bertz CT molecular complexity index is 1000. The van der Waals surface area contributed by atoms with Crippen molar-refractivity contribution in [3.63, 3.8) is 0 Å². The number of benzene rings is 2. The van der Waals surface area contributed by atoms with Gasteiger partial charge in [0, 0.05) is 45.2 Å². The molecule has 0 unspecified atom stereocenters. The maximum absolute atomic E-state index is 11.7. The summed E-state index contributed by atoms with van der Waals surface area (Å²) in [5.41, 5.74) is 4.16. The molecule has 0 atom stereocenters. The van der Waals surface area contributed by atoms with Crippen LogP contribution in [-0.2, 0) is 22.9 Å². The molecule has 2 N–H and O–H groups in total. The van der Waals surface area contributed by atoms with Crippen LogP contribution in [0.4, 0.5) is 5.69 Å². The fraction of sp³-hybridized carbons (Fsp3) is 0.318. The zero-order valence-electron chi connectivity index (χ0n) is 17.1. The number of aryl methyl sites for hydroxylation is 1. The predicted molar refractivity (Wildman–Crippen MR) is 119 cm³/mol. The van der Waals surface area contributed by atoms with E-state index in [9.17, 15) is 8.42 Å². The summed E-state index contributed by atoms with van der Waals surface area (Å²) in [6.07, 6.45) is 5.59. The van der Waals surface area contributed by atoms with Crippen LogP contribution < -0.4 is 15.5 Å². The lowest BCUT2D eigenvalue weighted by atomic mass is 10.1. The topological polar surface area (TPSA) is 73.8 Å². The van der Waals surface area contributed by atoms with Crippen LogP contribution in [0.2, 0.25) is 0 Å². The van der Waals surface area contributed by atoms with Gasteiger partial charge in [-0.15, -0.1) is 0 Å². The minimum absolute atomic E-state index is 0.372. The van der Waals surface area contributed by atoms with E-state index in [2.05, 4.69) is 56.9 Å². The van der Waals surface area contributed by atoms with Crippen molar-refractivity contribution in [2.45, 2.75) is 24.9 Å². The fourth-order valence-corrected chi connectivity index (χ4v) is 4.30. The third kappa shape index (κ3) is 5.60. The highest BCUT2D eigenvalue weighted by Crippen LogP contribution is 2.18. The molecule has 0 saturated heterocycles. The Hall–Kier alpha value is -2.80. The summed E-state index contributed by atoms with van der Waals surface area (Å²) in [6, 6.07) is 13.9. The van der Waals surface area contributed by atoms with Crippen LogP contribution in [0.5, 0.6) is 0 Å². The lowest BCUT2D eigenvalue weighted by Crippen LogP contribution is -2.36. The Balaban J connectivity index is 1.52. The molecule has 0 fully saturated rings. The maximum atomic E-state index is 11.7. The van der Waals surface area contributed by atoms with E-state index in [0.29, 0.717) is 23.9 Å². The number of guanidine groups is 1. The van der Waals surface area contributed by atoms with Gasteiger partial charge in [0.25, 0.3) is 0 Å². The average molecular weight is 413 g/mol. The van der Waals surface area contributed by atoms with Crippen LogP contribution in [-0.4, -0.2) is 40.8 Å². The Morgan fingerprint density at radius 1 is 1.00 bits per heavy atom. The lowest BCUT2D eigenvalue weighted by molar-refractivity contribution is 0.601. The summed E-state index contributed by atoms with van der Waals surface area (Å²) in [5, 5.41) is 6.58. The molecule has 0 aromatic heterocycles. The third-order valence-corrected chi connectivity index (χ3v) is 6.16. The molecule has 0 amide bonds. The van der Waals surface area contributed by atoms with Gasteiger partial charge in [0.2, 0.25) is 0 Å². The van der Waals surface area contributed by atoms with Gasteiger partial charge < -0.3 is 15.5 Å². The predicted octanol–water partition coefficient (Wildman–Crippen LogP) is 2.64. The zero-order valence-corrected chi connectivity index (χ0v) is 18.0. The highest BCUT2D eigenvalue weighted by molar-refractivity contribution is 7.90. The molecular weight excluding hydrogens is 384 g/mol. The molecule has 2 aromatic rings. The molecule has 1 aliphatic heterocycles. The standard InChI is InChI=1S/C22H28N4O2S/c1-17-14-19(8-11-21(17)29(3,27)28)16-25-22(23-2)24-15-18-6-9-20(10-7-18)26-12-4-5-13-26/h4-11,14H,12-13,15-16H2,1-3H3,(H2,23,24,25). The smallest absolute Gasteiger partial charge is 0.191 e. The summed E-state index contributed by atoms with van der Waals surface area (Å²) in [7, 11) is -1.46. The van der Waals surface area contributed by atoms with Gasteiger partial charge in [0.15, 0.2) is 15.8 Å². The van der Waals surface area contributed by atoms with E-state index >= 15 is 0 Å². The summed E-state index contributed by atoms with van der Waals surface area (Å²) >= 11 is 0. The molecule has 6 nitrogen and oxygen atoms in total. The van der Waals surface area contributed by atoms with Crippen LogP contribution in [0.15, 0.2) is 64.5 Å². The number of sulfone groups is 1. The van der Waals surface area contributed by atoms with E-state index in [1.165, 1.54) is 17.5 Å². The minimum atomic E-state index is -3.20. The van der Waals surface area contributed by atoms with E-state index in [0.717, 1.165) is 24.2 Å². The van der Waals surface area contributed by atoms with Crippen molar-refractivity contribution in [2.24, 2.45) is 4.99 Å². The largest absolute Gasteiger partial charge is 0.364 e. The number of rotatable bonds is 6. The van der Waals surface area contributed by atoms with Gasteiger partial charge in [-0.25, -0.2) is 8.42 Å². The summed E-state index contributed by atoms with van der Waals surface area (Å²) < 4.78 is 23.5. The molecule has 0 radical (unpaired) electrons. The molecule has 1 heterocycles. The van der Waals surface area contributed by atoms with E-state index in [1.54, 1.807) is 13.1 Å². The van der Waals surface area contributed by atoms with Crippen molar-refractivity contribution < 1.29 is 8.42 Å². The fourth-order valence-electron chi connectivity index (χ4n) is 3.34. The number of anilines is 1. The van der Waals surface area contributed by atoms with E-state index in [4.69, 9.17) is 0 Å². The van der Waals surface area contributed by atoms with Gasteiger partial charge >= 0.3 is 0 Å². The van der Waals surface area contributed by atoms with Crippen LogP contribution in [0.1, 0.15) is 16.7 Å². The van der Waals surface area contributed by atoms with Crippen molar-refractivity contribution >= 4 is 21.5 Å². The molecule has 0 bridgehead atoms. The van der Waals surface area contributed by atoms with Crippen molar-refractivity contribution in [1.29, 1.82) is 0 Å². The monoisotopic (exact) mass is 412 g/mol. The second kappa shape index (κ2) is 9.13. The molecule has 0 saturated carbocycles. The maximum Gasteiger partial charge on any atom is 0.191 e. The summed E-state index contributed by atoms with van der Waals surface area (Å²) in [4.78, 5) is 6.95. The Morgan fingerprint density at radius 2 is 1.59 bits per heavy atom. The van der Waals surface area contributed by atoms with Gasteiger partial charge in [-0.2, -0.15) is 0 Å². The highest BCUT2D eigenvalue weighted by atomic mass is 32.2. The first-order chi connectivity index (χ1) is 13.9. The van der Waals surface area contributed by atoms with Gasteiger partial charge in [-0.3, -0.25) is 4.99 Å². The van der Waals surface area contributed by atoms with Gasteiger partial charge in [-0.1, -0.05) is 36.4 Å². The van der Waals surface area contributed by atoms with E-state index in [-0.39, 0.29) is 0 Å². The second-order valence-corrected chi connectivity index (χ2v) is 9.18. The molecule has 2 aromatic carbocycles. The number of aliphatic imine (C=N–C) groups is 1. The van der Waals surface area contributed by atoms with Crippen LogP contribution in [0.25, 0.3) is 0 Å². The van der Waals surface area contributed by atoms with Crippen molar-refractivity contribution in [3.05, 3.63) is 71.3 Å². The highest BCUT2D eigenvalue weighted by Gasteiger charge is 2.11. The van der Waals surface area contributed by atoms with Gasteiger partial charge in [0.1, 0.15) is 0 Å². The summed E-state index contributed by atoms with van der Waals surface area (Å²) in [6.45, 7) is 4.99. The van der Waals surface area contributed by atoms with E-state index < -0.39 is 9.84 Å². The molecule has 0 spiro atoms. The Labute approximate surface area is 173 Å². The molecule has 154 valence electrons. The Kier molecular flexibility index (Phi) is 6.59. The lowest BCUT2D eigenvalue weighted by Gasteiger charge is -2.18. The molecule has 1 aliphatic rings.